The number of nitrogens with zero attached hydrogens (tertiary/aromatic N) is 1. The molecule has 1 aliphatic rings. The van der Waals surface area contributed by atoms with E-state index in [0.29, 0.717) is 22.8 Å². The number of halogens is 1. The van der Waals surface area contributed by atoms with E-state index in [0.717, 1.165) is 26.3 Å². The Morgan fingerprint density at radius 2 is 1.84 bits per heavy atom. The molecule has 0 aliphatic carbocycles. The van der Waals surface area contributed by atoms with E-state index >= 15 is 0 Å². The molecule has 1 saturated heterocycles. The molecule has 1 unspecified atom stereocenters. The van der Waals surface area contributed by atoms with Crippen molar-refractivity contribution in [3.05, 3.63) is 65.2 Å². The molecule has 0 radical (unpaired) electrons. The molecule has 0 spiro atoms. The summed E-state index contributed by atoms with van der Waals surface area (Å²) < 4.78 is 32.9. The smallest absolute Gasteiger partial charge is 0.261 e. The van der Waals surface area contributed by atoms with Gasteiger partial charge in [-0.2, -0.15) is 0 Å². The maximum atomic E-state index is 12.5. The summed E-state index contributed by atoms with van der Waals surface area (Å²) in [7, 11) is -3.76. The van der Waals surface area contributed by atoms with Crippen LogP contribution in [0.15, 0.2) is 59.5 Å². The predicted molar refractivity (Wildman–Crippen MR) is 123 cm³/mol. The van der Waals surface area contributed by atoms with Gasteiger partial charge in [-0.05, 0) is 42.8 Å². The van der Waals surface area contributed by atoms with E-state index in [9.17, 15) is 13.2 Å². The van der Waals surface area contributed by atoms with Gasteiger partial charge in [0.25, 0.3) is 10.0 Å². The van der Waals surface area contributed by atoms with Gasteiger partial charge in [0.1, 0.15) is 0 Å². The number of rotatable bonds is 8. The van der Waals surface area contributed by atoms with E-state index in [1.54, 1.807) is 42.5 Å². The molecule has 0 aromatic heterocycles. The molecule has 2 N–H and O–H groups in total. The fourth-order valence-corrected chi connectivity index (χ4v) is 4.45. The van der Waals surface area contributed by atoms with Crippen molar-refractivity contribution in [2.45, 2.75) is 17.9 Å². The largest absolute Gasteiger partial charge is 0.379 e. The maximum absolute atomic E-state index is 12.5. The summed E-state index contributed by atoms with van der Waals surface area (Å²) in [4.78, 5) is 14.5. The van der Waals surface area contributed by atoms with Gasteiger partial charge in [0, 0.05) is 31.8 Å². The van der Waals surface area contributed by atoms with E-state index in [4.69, 9.17) is 16.3 Å². The fourth-order valence-electron chi connectivity index (χ4n) is 3.13. The van der Waals surface area contributed by atoms with Gasteiger partial charge in [0.2, 0.25) is 5.91 Å². The third kappa shape index (κ3) is 6.80. The Hall–Kier alpha value is -2.39. The first-order valence-corrected chi connectivity index (χ1v) is 11.9. The lowest BCUT2D eigenvalue weighted by Crippen LogP contribution is -2.47. The number of anilines is 1. The summed E-state index contributed by atoms with van der Waals surface area (Å²) >= 11 is 6.02. The minimum atomic E-state index is -3.76. The summed E-state index contributed by atoms with van der Waals surface area (Å²) in [5.74, 6) is -0.197. The van der Waals surface area contributed by atoms with Gasteiger partial charge in [-0.3, -0.25) is 14.4 Å². The van der Waals surface area contributed by atoms with Gasteiger partial charge in [0.15, 0.2) is 0 Å². The van der Waals surface area contributed by atoms with E-state index < -0.39 is 10.0 Å². The van der Waals surface area contributed by atoms with E-state index in [1.165, 1.54) is 18.2 Å². The first kappa shape index (κ1) is 23.3. The first-order chi connectivity index (χ1) is 14.8. The number of sulfonamides is 1. The van der Waals surface area contributed by atoms with Crippen molar-refractivity contribution < 1.29 is 17.9 Å². The number of benzene rings is 2. The van der Waals surface area contributed by atoms with Crippen molar-refractivity contribution in [3.8, 4) is 0 Å². The molecular weight excluding hydrogens is 438 g/mol. The van der Waals surface area contributed by atoms with Gasteiger partial charge in [-0.25, -0.2) is 8.42 Å². The van der Waals surface area contributed by atoms with Crippen molar-refractivity contribution in [2.75, 3.05) is 37.6 Å². The zero-order chi connectivity index (χ0) is 22.3. The third-order valence-electron chi connectivity index (χ3n) is 4.98. The summed E-state index contributed by atoms with van der Waals surface area (Å²) in [5.41, 5.74) is 1.03. The maximum Gasteiger partial charge on any atom is 0.261 e. The van der Waals surface area contributed by atoms with E-state index in [2.05, 4.69) is 21.9 Å². The SMILES string of the molecule is CC(CNC(=O)/C=C/c1ccc(S(=O)(=O)Nc2ccccc2Cl)cc1)N1CCOCC1. The van der Waals surface area contributed by atoms with Crippen LogP contribution in [0.4, 0.5) is 5.69 Å². The molecule has 0 saturated carbocycles. The van der Waals surface area contributed by atoms with Crippen molar-refractivity contribution in [1.29, 1.82) is 0 Å². The summed E-state index contributed by atoms with van der Waals surface area (Å²) in [6.07, 6.45) is 3.09. The number of hydrogen-bond acceptors (Lipinski definition) is 5. The van der Waals surface area contributed by atoms with Gasteiger partial charge in [-0.1, -0.05) is 35.9 Å². The second-order valence-electron chi connectivity index (χ2n) is 7.23. The Kier molecular flexibility index (Phi) is 8.09. The summed E-state index contributed by atoms with van der Waals surface area (Å²) in [5, 5.41) is 3.21. The second kappa shape index (κ2) is 10.8. The third-order valence-corrected chi connectivity index (χ3v) is 6.69. The lowest BCUT2D eigenvalue weighted by molar-refractivity contribution is -0.116. The highest BCUT2D eigenvalue weighted by Crippen LogP contribution is 2.24. The molecule has 9 heteroatoms. The van der Waals surface area contributed by atoms with Crippen LogP contribution < -0.4 is 10.0 Å². The van der Waals surface area contributed by atoms with Crippen LogP contribution in [0.25, 0.3) is 6.08 Å². The van der Waals surface area contributed by atoms with Crippen LogP contribution in [-0.2, 0) is 19.6 Å². The molecule has 1 amide bonds. The number of amides is 1. The average Bonchev–Trinajstić information content (AvgIpc) is 2.78. The average molecular weight is 464 g/mol. The predicted octanol–water partition coefficient (Wildman–Crippen LogP) is 2.99. The van der Waals surface area contributed by atoms with Crippen LogP contribution in [0.3, 0.4) is 0 Å². The van der Waals surface area contributed by atoms with Crippen LogP contribution in [0.1, 0.15) is 12.5 Å². The Labute approximate surface area is 188 Å². The molecule has 2 aromatic rings. The lowest BCUT2D eigenvalue weighted by Gasteiger charge is -2.32. The normalized spacial score (nSPS) is 16.2. The number of nitrogens with one attached hydrogen (secondary N) is 2. The minimum Gasteiger partial charge on any atom is -0.379 e. The standard InChI is InChI=1S/C22H26ClN3O4S/c1-17(26-12-14-30-15-13-26)16-24-22(27)11-8-18-6-9-19(10-7-18)31(28,29)25-21-5-3-2-4-20(21)23/h2-11,17,25H,12-16H2,1H3,(H,24,27)/b11-8+. The molecule has 166 valence electrons. The number of carbonyl (C=O) groups is 1. The van der Waals surface area contributed by atoms with Gasteiger partial charge >= 0.3 is 0 Å². The monoisotopic (exact) mass is 463 g/mol. The Bertz CT molecular complexity index is 1020. The molecule has 1 heterocycles. The fraction of sp³-hybridized carbons (Fsp3) is 0.318. The molecule has 1 fully saturated rings. The van der Waals surface area contributed by atoms with Gasteiger partial charge in [-0.15, -0.1) is 0 Å². The molecule has 3 rings (SSSR count). The first-order valence-electron chi connectivity index (χ1n) is 10.0. The Morgan fingerprint density at radius 1 is 1.16 bits per heavy atom. The van der Waals surface area contributed by atoms with Crippen molar-refractivity contribution in [1.82, 2.24) is 10.2 Å². The molecule has 7 nitrogen and oxygen atoms in total. The minimum absolute atomic E-state index is 0.105. The number of para-hydroxylation sites is 1. The molecule has 2 aromatic carbocycles. The number of morpholine rings is 1. The zero-order valence-corrected chi connectivity index (χ0v) is 18.8. The molecular formula is C22H26ClN3O4S. The van der Waals surface area contributed by atoms with Crippen molar-refractivity contribution in [3.63, 3.8) is 0 Å². The van der Waals surface area contributed by atoms with Crippen LogP contribution in [0.2, 0.25) is 5.02 Å². The van der Waals surface area contributed by atoms with Crippen LogP contribution in [0, 0.1) is 0 Å². The Morgan fingerprint density at radius 3 is 2.52 bits per heavy atom. The van der Waals surface area contributed by atoms with Crippen molar-refractivity contribution in [2.24, 2.45) is 0 Å². The van der Waals surface area contributed by atoms with E-state index in [1.807, 2.05) is 0 Å². The zero-order valence-electron chi connectivity index (χ0n) is 17.3. The van der Waals surface area contributed by atoms with Gasteiger partial charge < -0.3 is 10.1 Å². The number of carbonyl (C=O) groups excluding carboxylic acids is 1. The quantitative estimate of drug-likeness (QED) is 0.587. The number of hydrogen-bond donors (Lipinski definition) is 2. The topological polar surface area (TPSA) is 87.7 Å². The van der Waals surface area contributed by atoms with Crippen LogP contribution in [-0.4, -0.2) is 58.1 Å². The number of ether oxygens (including phenoxy) is 1. The summed E-state index contributed by atoms with van der Waals surface area (Å²) in [6.45, 7) is 5.80. The highest BCUT2D eigenvalue weighted by molar-refractivity contribution is 7.92. The lowest BCUT2D eigenvalue weighted by atomic mass is 10.2. The highest BCUT2D eigenvalue weighted by Gasteiger charge is 2.17. The van der Waals surface area contributed by atoms with Crippen LogP contribution >= 0.6 is 11.6 Å². The van der Waals surface area contributed by atoms with Crippen LogP contribution in [0.5, 0.6) is 0 Å². The van der Waals surface area contributed by atoms with E-state index in [-0.39, 0.29) is 16.8 Å². The van der Waals surface area contributed by atoms with Gasteiger partial charge in [0.05, 0.1) is 28.8 Å². The summed E-state index contributed by atoms with van der Waals surface area (Å²) in [6, 6.07) is 13.1. The van der Waals surface area contributed by atoms with Crippen molar-refractivity contribution >= 4 is 39.3 Å². The second-order valence-corrected chi connectivity index (χ2v) is 9.32. The molecule has 1 aliphatic heterocycles. The molecule has 1 atom stereocenters. The molecule has 0 bridgehead atoms. The highest BCUT2D eigenvalue weighted by atomic mass is 35.5. The molecule has 31 heavy (non-hydrogen) atoms. The Balaban J connectivity index is 1.54.